The lowest BCUT2D eigenvalue weighted by Gasteiger charge is -2.60. The van der Waals surface area contributed by atoms with E-state index in [1.807, 2.05) is 0 Å². The molecule has 0 amide bonds. The Labute approximate surface area is 146 Å². The lowest BCUT2D eigenvalue weighted by molar-refractivity contribution is -0.176. The highest BCUT2D eigenvalue weighted by Crippen LogP contribution is 2.62. The number of hydrogen-bond donors (Lipinski definition) is 1. The van der Waals surface area contributed by atoms with Gasteiger partial charge in [-0.3, -0.25) is 9.59 Å². The van der Waals surface area contributed by atoms with E-state index in [2.05, 4.69) is 0 Å². The SMILES string of the molecule is O=C(CC12C[C@@H]3C[C@@H](CC(O)(C3)C1)C2)OCC(=O)c1ccc(F)cc1. The summed E-state index contributed by atoms with van der Waals surface area (Å²) in [7, 11) is 0. The van der Waals surface area contributed by atoms with E-state index in [1.165, 1.54) is 30.7 Å². The molecule has 4 saturated carbocycles. The Bertz CT molecular complexity index is 682. The monoisotopic (exact) mass is 346 g/mol. The number of esters is 1. The average molecular weight is 346 g/mol. The Hall–Kier alpha value is -1.75. The van der Waals surface area contributed by atoms with Gasteiger partial charge in [0.05, 0.1) is 12.0 Å². The van der Waals surface area contributed by atoms with E-state index in [0.717, 1.165) is 25.7 Å². The zero-order valence-corrected chi connectivity index (χ0v) is 14.2. The van der Waals surface area contributed by atoms with Gasteiger partial charge in [0.2, 0.25) is 0 Å². The van der Waals surface area contributed by atoms with Gasteiger partial charge in [0.15, 0.2) is 12.4 Å². The van der Waals surface area contributed by atoms with Crippen LogP contribution in [0.1, 0.15) is 55.3 Å². The first-order valence-corrected chi connectivity index (χ1v) is 9.02. The molecule has 0 aliphatic heterocycles. The van der Waals surface area contributed by atoms with Crippen molar-refractivity contribution >= 4 is 11.8 Å². The summed E-state index contributed by atoms with van der Waals surface area (Å²) in [6, 6.07) is 5.20. The van der Waals surface area contributed by atoms with Gasteiger partial charge in [-0.2, -0.15) is 0 Å². The van der Waals surface area contributed by atoms with Crippen LogP contribution in [0, 0.1) is 23.1 Å². The normalized spacial score (nSPS) is 35.6. The molecule has 4 aliphatic carbocycles. The molecule has 4 fully saturated rings. The minimum Gasteiger partial charge on any atom is -0.457 e. The molecule has 134 valence electrons. The number of carbonyl (C=O) groups excluding carboxylic acids is 2. The second kappa shape index (κ2) is 5.90. The number of hydrogen-bond acceptors (Lipinski definition) is 4. The molecule has 25 heavy (non-hydrogen) atoms. The van der Waals surface area contributed by atoms with Gasteiger partial charge in [-0.05, 0) is 80.0 Å². The van der Waals surface area contributed by atoms with E-state index in [0.29, 0.717) is 23.8 Å². The smallest absolute Gasteiger partial charge is 0.306 e. The fourth-order valence-electron chi connectivity index (χ4n) is 5.83. The van der Waals surface area contributed by atoms with E-state index in [-0.39, 0.29) is 30.2 Å². The zero-order valence-electron chi connectivity index (χ0n) is 14.2. The Balaban J connectivity index is 1.35. The van der Waals surface area contributed by atoms with Gasteiger partial charge < -0.3 is 9.84 Å². The predicted octanol–water partition coefficient (Wildman–Crippen LogP) is 3.27. The van der Waals surface area contributed by atoms with Crippen LogP contribution >= 0.6 is 0 Å². The number of halogens is 1. The molecule has 1 aromatic carbocycles. The molecule has 4 bridgehead atoms. The molecule has 0 saturated heterocycles. The maximum absolute atomic E-state index is 12.9. The number of aliphatic hydroxyl groups is 1. The summed E-state index contributed by atoms with van der Waals surface area (Å²) in [5.41, 5.74) is -0.429. The van der Waals surface area contributed by atoms with Crippen molar-refractivity contribution in [2.24, 2.45) is 17.3 Å². The molecule has 4 atom stereocenters. The van der Waals surface area contributed by atoms with Crippen LogP contribution in [0.4, 0.5) is 4.39 Å². The van der Waals surface area contributed by atoms with Crippen LogP contribution in [0.5, 0.6) is 0 Å². The molecule has 1 N–H and O–H groups in total. The summed E-state index contributed by atoms with van der Waals surface area (Å²) in [5, 5.41) is 10.7. The zero-order chi connectivity index (χ0) is 17.7. The van der Waals surface area contributed by atoms with Crippen molar-refractivity contribution in [1.82, 2.24) is 0 Å². The first kappa shape index (κ1) is 16.7. The molecule has 0 aromatic heterocycles. The maximum atomic E-state index is 12.9. The number of benzene rings is 1. The summed E-state index contributed by atoms with van der Waals surface area (Å²) < 4.78 is 18.1. The van der Waals surface area contributed by atoms with Crippen molar-refractivity contribution in [3.05, 3.63) is 35.6 Å². The molecule has 0 spiro atoms. The third-order valence-electron chi connectivity index (χ3n) is 6.20. The molecular weight excluding hydrogens is 323 g/mol. The largest absolute Gasteiger partial charge is 0.457 e. The molecule has 5 heteroatoms. The minimum atomic E-state index is -0.603. The van der Waals surface area contributed by atoms with E-state index in [1.54, 1.807) is 0 Å². The van der Waals surface area contributed by atoms with E-state index >= 15 is 0 Å². The van der Waals surface area contributed by atoms with Crippen molar-refractivity contribution in [2.45, 2.75) is 50.5 Å². The van der Waals surface area contributed by atoms with E-state index < -0.39 is 11.4 Å². The molecule has 0 radical (unpaired) electrons. The first-order chi connectivity index (χ1) is 11.8. The number of Topliss-reactive ketones (excluding diaryl/α,β-unsaturated/α-hetero) is 1. The van der Waals surface area contributed by atoms with Gasteiger partial charge >= 0.3 is 5.97 Å². The number of rotatable bonds is 5. The van der Waals surface area contributed by atoms with Crippen LogP contribution in [-0.4, -0.2) is 29.1 Å². The van der Waals surface area contributed by atoms with Crippen LogP contribution in [0.2, 0.25) is 0 Å². The Kier molecular flexibility index (Phi) is 3.95. The van der Waals surface area contributed by atoms with E-state index in [4.69, 9.17) is 4.74 Å². The average Bonchev–Trinajstić information content (AvgIpc) is 2.50. The molecule has 4 nitrogen and oxygen atoms in total. The van der Waals surface area contributed by atoms with Gasteiger partial charge in [0.1, 0.15) is 5.82 Å². The highest BCUT2D eigenvalue weighted by molar-refractivity contribution is 5.97. The fraction of sp³-hybridized carbons (Fsp3) is 0.600. The third-order valence-corrected chi connectivity index (χ3v) is 6.20. The number of ether oxygens (including phenoxy) is 1. The first-order valence-electron chi connectivity index (χ1n) is 9.02. The van der Waals surface area contributed by atoms with Crippen LogP contribution in [-0.2, 0) is 9.53 Å². The van der Waals surface area contributed by atoms with Gasteiger partial charge in [-0.15, -0.1) is 0 Å². The second-order valence-corrected chi connectivity index (χ2v) is 8.45. The minimum absolute atomic E-state index is 0.158. The van der Waals surface area contributed by atoms with Crippen LogP contribution in [0.3, 0.4) is 0 Å². The lowest BCUT2D eigenvalue weighted by Crippen LogP contribution is -2.56. The Morgan fingerprint density at radius 3 is 2.36 bits per heavy atom. The maximum Gasteiger partial charge on any atom is 0.306 e. The third kappa shape index (κ3) is 3.34. The lowest BCUT2D eigenvalue weighted by atomic mass is 9.47. The molecule has 2 unspecified atom stereocenters. The van der Waals surface area contributed by atoms with Crippen molar-refractivity contribution in [3.8, 4) is 0 Å². The van der Waals surface area contributed by atoms with E-state index in [9.17, 15) is 19.1 Å². The Morgan fingerprint density at radius 2 is 1.76 bits per heavy atom. The number of carbonyl (C=O) groups is 2. The summed E-state index contributed by atoms with van der Waals surface area (Å²) in [6.07, 6.45) is 5.81. The summed E-state index contributed by atoms with van der Waals surface area (Å²) in [6.45, 7) is -0.322. The summed E-state index contributed by atoms with van der Waals surface area (Å²) in [4.78, 5) is 24.3. The number of ketones is 1. The van der Waals surface area contributed by atoms with Gasteiger partial charge in [0, 0.05) is 5.56 Å². The van der Waals surface area contributed by atoms with Gasteiger partial charge in [-0.1, -0.05) is 0 Å². The molecular formula is C20H23FO4. The molecule has 0 heterocycles. The summed E-state index contributed by atoms with van der Waals surface area (Å²) in [5.74, 6) is -0.0911. The van der Waals surface area contributed by atoms with Crippen molar-refractivity contribution in [3.63, 3.8) is 0 Å². The predicted molar refractivity (Wildman–Crippen MR) is 88.4 cm³/mol. The standard InChI is InChI=1S/C20H23FO4/c21-16-3-1-15(2-4-16)17(22)11-25-18(23)10-19-6-13-5-14(7-19)9-20(24,8-13)12-19/h1-4,13-14,24H,5-12H2/t13-,14+,19?,20?. The van der Waals surface area contributed by atoms with Gasteiger partial charge in [-0.25, -0.2) is 4.39 Å². The van der Waals surface area contributed by atoms with Gasteiger partial charge in [0.25, 0.3) is 0 Å². The topological polar surface area (TPSA) is 63.6 Å². The quantitative estimate of drug-likeness (QED) is 0.656. The van der Waals surface area contributed by atoms with Crippen LogP contribution in [0.15, 0.2) is 24.3 Å². The molecule has 4 aliphatic rings. The van der Waals surface area contributed by atoms with Crippen molar-refractivity contribution in [2.75, 3.05) is 6.61 Å². The van der Waals surface area contributed by atoms with Crippen LogP contribution < -0.4 is 0 Å². The van der Waals surface area contributed by atoms with Crippen molar-refractivity contribution in [1.29, 1.82) is 0 Å². The second-order valence-electron chi connectivity index (χ2n) is 8.45. The molecule has 5 rings (SSSR count). The fourth-order valence-corrected chi connectivity index (χ4v) is 5.83. The Morgan fingerprint density at radius 1 is 1.12 bits per heavy atom. The summed E-state index contributed by atoms with van der Waals surface area (Å²) >= 11 is 0. The van der Waals surface area contributed by atoms with Crippen molar-refractivity contribution < 1.29 is 23.8 Å². The molecule has 1 aromatic rings. The highest BCUT2D eigenvalue weighted by atomic mass is 19.1. The van der Waals surface area contributed by atoms with Crippen LogP contribution in [0.25, 0.3) is 0 Å². The highest BCUT2D eigenvalue weighted by Gasteiger charge is 2.57.